The van der Waals surface area contributed by atoms with Gasteiger partial charge in [-0.3, -0.25) is 0 Å². The molecule has 1 heterocycles. The van der Waals surface area contributed by atoms with Crippen LogP contribution in [0.4, 0.5) is 0 Å². The molecule has 0 amide bonds. The summed E-state index contributed by atoms with van der Waals surface area (Å²) in [6, 6.07) is 23.7. The quantitative estimate of drug-likeness (QED) is 0.732. The van der Waals surface area contributed by atoms with Crippen molar-refractivity contribution in [3.8, 4) is 6.07 Å². The Labute approximate surface area is 178 Å². The summed E-state index contributed by atoms with van der Waals surface area (Å²) in [5, 5.41) is 13.8. The topological polar surface area (TPSA) is 39.1 Å². The highest BCUT2D eigenvalue weighted by molar-refractivity contribution is 8.22. The Morgan fingerprint density at radius 1 is 1.14 bits per heavy atom. The van der Waals surface area contributed by atoms with Crippen molar-refractivity contribution < 1.29 is 0 Å². The van der Waals surface area contributed by atoms with Crippen molar-refractivity contribution in [3.63, 3.8) is 0 Å². The van der Waals surface area contributed by atoms with Crippen LogP contribution in [0.1, 0.15) is 31.4 Å². The third kappa shape index (κ3) is 4.57. The molecule has 0 saturated carbocycles. The van der Waals surface area contributed by atoms with Crippen LogP contribution in [-0.2, 0) is 5.41 Å². The molecule has 0 aliphatic carbocycles. The van der Waals surface area contributed by atoms with Gasteiger partial charge in [0.05, 0.1) is 6.07 Å². The van der Waals surface area contributed by atoms with Crippen LogP contribution in [0.25, 0.3) is 0 Å². The van der Waals surface area contributed by atoms with E-state index in [4.69, 9.17) is 12.2 Å². The second-order valence-corrected chi connectivity index (χ2v) is 9.15. The average Bonchev–Trinajstić information content (AvgIpc) is 2.74. The summed E-state index contributed by atoms with van der Waals surface area (Å²) in [5.41, 5.74) is 1.42. The summed E-state index contributed by atoms with van der Waals surface area (Å²) in [6.07, 6.45) is 0.721. The molecule has 2 unspecified atom stereocenters. The third-order valence-electron chi connectivity index (χ3n) is 5.43. The number of rotatable bonds is 5. The third-order valence-corrected chi connectivity index (χ3v) is 6.90. The first-order valence-corrected chi connectivity index (χ1v) is 11.2. The summed E-state index contributed by atoms with van der Waals surface area (Å²) >= 11 is 7.44. The molecule has 5 heteroatoms. The highest BCUT2D eigenvalue weighted by Crippen LogP contribution is 2.36. The molecular weight excluding hydrogens is 382 g/mol. The maximum atomic E-state index is 10.3. The second kappa shape index (κ2) is 9.56. The Morgan fingerprint density at radius 2 is 1.71 bits per heavy atom. The molecule has 0 bridgehead atoms. The van der Waals surface area contributed by atoms with Gasteiger partial charge in [0.25, 0.3) is 0 Å². The van der Waals surface area contributed by atoms with Crippen LogP contribution in [0.15, 0.2) is 60.7 Å². The predicted octanol–water partition coefficient (Wildman–Crippen LogP) is 4.59. The van der Waals surface area contributed by atoms with Gasteiger partial charge in [0.1, 0.15) is 9.74 Å². The van der Waals surface area contributed by atoms with Gasteiger partial charge >= 0.3 is 0 Å². The van der Waals surface area contributed by atoms with Crippen LogP contribution in [0, 0.1) is 11.3 Å². The molecule has 1 fully saturated rings. The van der Waals surface area contributed by atoms with E-state index in [1.165, 1.54) is 0 Å². The fraction of sp³-hybridized carbons (Fsp3) is 0.391. The van der Waals surface area contributed by atoms with E-state index >= 15 is 0 Å². The van der Waals surface area contributed by atoms with E-state index in [0.29, 0.717) is 12.1 Å². The van der Waals surface area contributed by atoms with Crippen molar-refractivity contribution in [2.24, 2.45) is 0 Å². The van der Waals surface area contributed by atoms with E-state index in [-0.39, 0.29) is 0 Å². The fourth-order valence-corrected chi connectivity index (χ4v) is 5.24. The van der Waals surface area contributed by atoms with E-state index in [0.717, 1.165) is 40.7 Å². The number of nitriles is 1. The van der Waals surface area contributed by atoms with Gasteiger partial charge in [0.15, 0.2) is 0 Å². The first-order chi connectivity index (χ1) is 13.6. The van der Waals surface area contributed by atoms with E-state index in [1.54, 1.807) is 11.8 Å². The van der Waals surface area contributed by atoms with Crippen molar-refractivity contribution in [2.45, 2.75) is 37.8 Å². The van der Waals surface area contributed by atoms with Gasteiger partial charge in [-0.05, 0) is 31.4 Å². The normalized spacial score (nSPS) is 19.8. The van der Waals surface area contributed by atoms with Crippen LogP contribution in [-0.4, -0.2) is 40.1 Å². The van der Waals surface area contributed by atoms with Crippen molar-refractivity contribution in [2.75, 3.05) is 18.8 Å². The molecule has 1 aliphatic rings. The molecule has 0 spiro atoms. The summed E-state index contributed by atoms with van der Waals surface area (Å²) in [4.78, 5) is 2.32. The predicted molar refractivity (Wildman–Crippen MR) is 123 cm³/mol. The van der Waals surface area contributed by atoms with E-state index in [2.05, 4.69) is 54.4 Å². The van der Waals surface area contributed by atoms with Crippen molar-refractivity contribution >= 4 is 28.3 Å². The van der Waals surface area contributed by atoms with Crippen molar-refractivity contribution in [1.29, 1.82) is 5.26 Å². The van der Waals surface area contributed by atoms with Crippen molar-refractivity contribution in [1.82, 2.24) is 10.2 Å². The van der Waals surface area contributed by atoms with Gasteiger partial charge in [-0.1, -0.05) is 84.6 Å². The molecule has 2 aromatic rings. The molecule has 2 aromatic carbocycles. The first-order valence-electron chi connectivity index (χ1n) is 9.76. The molecular formula is C23H27N3S2. The molecule has 0 aromatic heterocycles. The minimum absolute atomic E-state index is 0.403. The maximum absolute atomic E-state index is 10.3. The molecule has 0 radical (unpaired) electrons. The number of hydrogen-bond acceptors (Lipinski definition) is 4. The Morgan fingerprint density at radius 3 is 2.25 bits per heavy atom. The number of hydrogen-bond donors (Lipinski definition) is 1. The van der Waals surface area contributed by atoms with Crippen LogP contribution in [0.2, 0.25) is 0 Å². The summed E-state index contributed by atoms with van der Waals surface area (Å²) in [6.45, 7) is 6.29. The Hall–Kier alpha value is -1.87. The number of thiocarbonyl (C=S) groups is 1. The van der Waals surface area contributed by atoms with Crippen LogP contribution >= 0.6 is 24.0 Å². The molecule has 3 rings (SSSR count). The number of nitrogens with zero attached hydrogens (tertiary/aromatic N) is 2. The number of piperazine rings is 1. The molecule has 146 valence electrons. The van der Waals surface area contributed by atoms with Gasteiger partial charge < -0.3 is 10.2 Å². The zero-order chi connectivity index (χ0) is 20.0. The molecule has 1 saturated heterocycles. The average molecular weight is 410 g/mol. The van der Waals surface area contributed by atoms with E-state index in [1.807, 2.05) is 36.4 Å². The van der Waals surface area contributed by atoms with E-state index < -0.39 is 5.41 Å². The van der Waals surface area contributed by atoms with Crippen LogP contribution in [0.3, 0.4) is 0 Å². The summed E-state index contributed by atoms with van der Waals surface area (Å²) in [5.74, 6) is 0.807. The minimum atomic E-state index is -0.659. The summed E-state index contributed by atoms with van der Waals surface area (Å²) < 4.78 is 0.939. The SMILES string of the molecule is CC1CN(C(=S)SCCC(C#N)(c2ccccc2)c2ccccc2)C(C)CN1. The van der Waals surface area contributed by atoms with Crippen LogP contribution < -0.4 is 5.32 Å². The molecule has 28 heavy (non-hydrogen) atoms. The summed E-state index contributed by atoms with van der Waals surface area (Å²) in [7, 11) is 0. The molecule has 3 nitrogen and oxygen atoms in total. The second-order valence-electron chi connectivity index (χ2n) is 7.42. The Bertz CT molecular complexity index is 777. The molecule has 1 aliphatic heterocycles. The lowest BCUT2D eigenvalue weighted by Crippen LogP contribution is -2.55. The largest absolute Gasteiger partial charge is 0.352 e. The Kier molecular flexibility index (Phi) is 7.12. The van der Waals surface area contributed by atoms with Crippen LogP contribution in [0.5, 0.6) is 0 Å². The highest BCUT2D eigenvalue weighted by atomic mass is 32.2. The van der Waals surface area contributed by atoms with Gasteiger partial charge in [-0.25, -0.2) is 0 Å². The van der Waals surface area contributed by atoms with Gasteiger partial charge in [0, 0.05) is 30.9 Å². The first kappa shape index (κ1) is 20.9. The van der Waals surface area contributed by atoms with Gasteiger partial charge in [-0.2, -0.15) is 5.26 Å². The van der Waals surface area contributed by atoms with Gasteiger partial charge in [0.2, 0.25) is 0 Å². The highest BCUT2D eigenvalue weighted by Gasteiger charge is 2.34. The lowest BCUT2D eigenvalue weighted by atomic mass is 9.74. The number of benzene rings is 2. The lowest BCUT2D eigenvalue weighted by molar-refractivity contribution is 0.242. The smallest absolute Gasteiger partial charge is 0.136 e. The standard InChI is InChI=1S/C23H27N3S2/c1-18-16-26(19(2)15-25-18)22(27)28-14-13-23(17-24,20-9-5-3-6-10-20)21-11-7-4-8-12-21/h3-12,18-19,25H,13-16H2,1-2H3. The monoisotopic (exact) mass is 409 g/mol. The van der Waals surface area contributed by atoms with E-state index in [9.17, 15) is 5.26 Å². The lowest BCUT2D eigenvalue weighted by Gasteiger charge is -2.39. The zero-order valence-corrected chi connectivity index (χ0v) is 18.1. The number of nitrogens with one attached hydrogen (secondary N) is 1. The van der Waals surface area contributed by atoms with Gasteiger partial charge in [-0.15, -0.1) is 0 Å². The fourth-order valence-electron chi connectivity index (χ4n) is 3.74. The van der Waals surface area contributed by atoms with Crippen molar-refractivity contribution in [3.05, 3.63) is 71.8 Å². The Balaban J connectivity index is 1.76. The minimum Gasteiger partial charge on any atom is -0.352 e. The zero-order valence-electron chi connectivity index (χ0n) is 16.5. The maximum Gasteiger partial charge on any atom is 0.136 e. The molecule has 2 atom stereocenters. The number of thioether (sulfide) groups is 1. The molecule has 1 N–H and O–H groups in total.